The van der Waals surface area contributed by atoms with E-state index in [-0.39, 0.29) is 0 Å². The van der Waals surface area contributed by atoms with Crippen LogP contribution in [-0.4, -0.2) is 25.0 Å². The molecule has 4 aromatic rings. The van der Waals surface area contributed by atoms with Gasteiger partial charge in [-0.05, 0) is 24.3 Å². The Morgan fingerprint density at radius 2 is 1.83 bits per heavy atom. The number of fused-ring (bicyclic) bond motifs is 1. The molecule has 0 saturated heterocycles. The minimum absolute atomic E-state index is 0.358. The van der Waals surface area contributed by atoms with Gasteiger partial charge >= 0.3 is 0 Å². The molecule has 0 amide bonds. The lowest BCUT2D eigenvalue weighted by Gasteiger charge is -2.07. The van der Waals surface area contributed by atoms with E-state index in [2.05, 4.69) is 20.3 Å². The van der Waals surface area contributed by atoms with Crippen LogP contribution in [0.4, 0.5) is 0 Å². The normalized spacial score (nSPS) is 10.9. The second-order valence-electron chi connectivity index (χ2n) is 4.91. The van der Waals surface area contributed by atoms with Crippen LogP contribution in [0.5, 0.6) is 11.6 Å². The van der Waals surface area contributed by atoms with Crippen LogP contribution in [-0.2, 0) is 0 Å². The maximum absolute atomic E-state index is 6.02. The fraction of sp³-hybridized carbons (Fsp3) is 0. The fourth-order valence-electron chi connectivity index (χ4n) is 2.20. The highest BCUT2D eigenvalue weighted by molar-refractivity contribution is 6.42. The van der Waals surface area contributed by atoms with Crippen molar-refractivity contribution in [2.45, 2.75) is 0 Å². The summed E-state index contributed by atoms with van der Waals surface area (Å²) in [5.74, 6) is 0.966. The Morgan fingerprint density at radius 1 is 1.00 bits per heavy atom. The number of hydrogen-bond acceptors (Lipinski definition) is 5. The first-order chi connectivity index (χ1) is 11.7. The van der Waals surface area contributed by atoms with Crippen molar-refractivity contribution in [2.24, 2.45) is 0 Å². The molecule has 8 heteroatoms. The van der Waals surface area contributed by atoms with Crippen molar-refractivity contribution in [3.63, 3.8) is 0 Å². The number of aromatic nitrogens is 5. The van der Waals surface area contributed by atoms with Gasteiger partial charge in [0, 0.05) is 6.07 Å². The van der Waals surface area contributed by atoms with E-state index in [0.717, 1.165) is 5.69 Å². The monoisotopic (exact) mass is 357 g/mol. The molecule has 0 aliphatic carbocycles. The van der Waals surface area contributed by atoms with Gasteiger partial charge in [0.05, 0.1) is 45.4 Å². The molecule has 6 nitrogen and oxygen atoms in total. The average molecular weight is 358 g/mol. The van der Waals surface area contributed by atoms with Crippen molar-refractivity contribution in [3.05, 3.63) is 65.0 Å². The van der Waals surface area contributed by atoms with E-state index in [9.17, 15) is 0 Å². The van der Waals surface area contributed by atoms with Gasteiger partial charge in [0.1, 0.15) is 5.75 Å². The molecule has 2 aromatic carbocycles. The lowest BCUT2D eigenvalue weighted by atomic mass is 10.3. The first-order valence-corrected chi connectivity index (χ1v) is 7.71. The molecule has 0 spiro atoms. The molecule has 0 fully saturated rings. The first kappa shape index (κ1) is 14.9. The molecule has 2 heterocycles. The van der Waals surface area contributed by atoms with Crippen molar-refractivity contribution in [3.8, 4) is 17.3 Å². The van der Waals surface area contributed by atoms with E-state index in [1.165, 1.54) is 6.20 Å². The Labute approximate surface area is 146 Å². The van der Waals surface area contributed by atoms with Gasteiger partial charge in [-0.3, -0.25) is 0 Å². The van der Waals surface area contributed by atoms with Crippen molar-refractivity contribution >= 4 is 34.2 Å². The Kier molecular flexibility index (Phi) is 3.76. The van der Waals surface area contributed by atoms with Gasteiger partial charge in [0.15, 0.2) is 0 Å². The molecule has 0 radical (unpaired) electrons. The van der Waals surface area contributed by atoms with Crippen LogP contribution < -0.4 is 4.74 Å². The van der Waals surface area contributed by atoms with Crippen molar-refractivity contribution in [1.82, 2.24) is 25.0 Å². The second kappa shape index (κ2) is 6.07. The lowest BCUT2D eigenvalue weighted by Crippen LogP contribution is -1.96. The van der Waals surface area contributed by atoms with E-state index in [1.54, 1.807) is 29.2 Å². The number of hydrogen-bond donors (Lipinski definition) is 0. The number of ether oxygens (including phenoxy) is 1. The minimum atomic E-state index is 0.358. The van der Waals surface area contributed by atoms with Crippen LogP contribution in [0.1, 0.15) is 0 Å². The molecular formula is C16H9Cl2N5O. The number of rotatable bonds is 3. The van der Waals surface area contributed by atoms with E-state index >= 15 is 0 Å². The molecule has 118 valence electrons. The highest BCUT2D eigenvalue weighted by atomic mass is 35.5. The summed E-state index contributed by atoms with van der Waals surface area (Å²) in [5.41, 5.74) is 2.08. The van der Waals surface area contributed by atoms with Crippen LogP contribution in [0.15, 0.2) is 55.0 Å². The molecule has 0 atom stereocenters. The lowest BCUT2D eigenvalue weighted by molar-refractivity contribution is 0.462. The zero-order chi connectivity index (χ0) is 16.5. The van der Waals surface area contributed by atoms with Crippen LogP contribution in [0, 0.1) is 0 Å². The van der Waals surface area contributed by atoms with Gasteiger partial charge < -0.3 is 4.74 Å². The third-order valence-corrected chi connectivity index (χ3v) is 4.01. The van der Waals surface area contributed by atoms with Gasteiger partial charge in [0.25, 0.3) is 0 Å². The smallest absolute Gasteiger partial charge is 0.238 e. The Hall–Kier alpha value is -2.70. The van der Waals surface area contributed by atoms with Gasteiger partial charge in [-0.15, -0.1) is 5.10 Å². The predicted octanol–water partition coefficient (Wildman–Crippen LogP) is 4.31. The maximum Gasteiger partial charge on any atom is 0.238 e. The predicted molar refractivity (Wildman–Crippen MR) is 91.0 cm³/mol. The largest absolute Gasteiger partial charge is 0.437 e. The van der Waals surface area contributed by atoms with Crippen molar-refractivity contribution in [1.29, 1.82) is 0 Å². The molecule has 0 unspecified atom stereocenters. The standard InChI is InChI=1S/C16H9Cl2N5O/c17-12-7-14-15(8-13(12)18)21-16(9-19-14)24-11-3-1-2-10(6-11)23-5-4-20-22-23/h1-9H. The van der Waals surface area contributed by atoms with E-state index < -0.39 is 0 Å². The van der Waals surface area contributed by atoms with Crippen LogP contribution >= 0.6 is 23.2 Å². The zero-order valence-electron chi connectivity index (χ0n) is 12.1. The van der Waals surface area contributed by atoms with Crippen LogP contribution in [0.2, 0.25) is 10.0 Å². The quantitative estimate of drug-likeness (QED) is 0.546. The summed E-state index contributed by atoms with van der Waals surface area (Å²) in [5, 5.41) is 8.60. The fourth-order valence-corrected chi connectivity index (χ4v) is 2.51. The van der Waals surface area contributed by atoms with E-state index in [1.807, 2.05) is 24.3 Å². The topological polar surface area (TPSA) is 65.7 Å². The molecule has 0 bridgehead atoms. The summed E-state index contributed by atoms with van der Waals surface area (Å²) >= 11 is 12.0. The maximum atomic E-state index is 6.02. The molecule has 2 aromatic heterocycles. The summed E-state index contributed by atoms with van der Waals surface area (Å²) in [7, 11) is 0. The average Bonchev–Trinajstić information content (AvgIpc) is 3.11. The van der Waals surface area contributed by atoms with Gasteiger partial charge in [0.2, 0.25) is 5.88 Å². The Bertz CT molecular complexity index is 1020. The molecular weight excluding hydrogens is 349 g/mol. The van der Waals surface area contributed by atoms with Gasteiger partial charge in [-0.2, -0.15) is 0 Å². The van der Waals surface area contributed by atoms with E-state index in [0.29, 0.717) is 32.7 Å². The van der Waals surface area contributed by atoms with Crippen LogP contribution in [0.3, 0.4) is 0 Å². The third-order valence-electron chi connectivity index (χ3n) is 3.29. The molecule has 4 rings (SSSR count). The van der Waals surface area contributed by atoms with Crippen LogP contribution in [0.25, 0.3) is 16.7 Å². The number of halogens is 2. The summed E-state index contributed by atoms with van der Waals surface area (Å²) < 4.78 is 7.42. The number of benzene rings is 2. The Morgan fingerprint density at radius 3 is 2.62 bits per heavy atom. The molecule has 24 heavy (non-hydrogen) atoms. The molecule has 0 aliphatic rings. The Balaban J connectivity index is 1.67. The summed E-state index contributed by atoms with van der Waals surface area (Å²) in [6, 6.07) is 10.7. The number of nitrogens with zero attached hydrogens (tertiary/aromatic N) is 5. The second-order valence-corrected chi connectivity index (χ2v) is 5.72. The third kappa shape index (κ3) is 2.89. The summed E-state index contributed by atoms with van der Waals surface area (Å²) in [6.45, 7) is 0. The van der Waals surface area contributed by atoms with E-state index in [4.69, 9.17) is 27.9 Å². The zero-order valence-corrected chi connectivity index (χ0v) is 13.6. The first-order valence-electron chi connectivity index (χ1n) is 6.95. The summed E-state index contributed by atoms with van der Waals surface area (Å²) in [4.78, 5) is 8.70. The van der Waals surface area contributed by atoms with Crippen molar-refractivity contribution < 1.29 is 4.74 Å². The highest BCUT2D eigenvalue weighted by Crippen LogP contribution is 2.28. The minimum Gasteiger partial charge on any atom is -0.437 e. The SMILES string of the molecule is Clc1cc2ncc(Oc3cccc(-n4ccnn4)c3)nc2cc1Cl. The summed E-state index contributed by atoms with van der Waals surface area (Å²) in [6.07, 6.45) is 4.90. The molecule has 0 saturated carbocycles. The molecule has 0 N–H and O–H groups in total. The molecule has 0 aliphatic heterocycles. The van der Waals surface area contributed by atoms with Crippen molar-refractivity contribution in [2.75, 3.05) is 0 Å². The highest BCUT2D eigenvalue weighted by Gasteiger charge is 2.07. The van der Waals surface area contributed by atoms with Gasteiger partial charge in [-0.25, -0.2) is 14.6 Å². The van der Waals surface area contributed by atoms with Gasteiger partial charge in [-0.1, -0.05) is 34.5 Å².